The van der Waals surface area contributed by atoms with E-state index >= 15 is 0 Å². The molecule has 0 bridgehead atoms. The fraction of sp³-hybridized carbons (Fsp3) is 0.250. The van der Waals surface area contributed by atoms with Crippen molar-refractivity contribution in [2.75, 3.05) is 12.3 Å². The zero-order valence-electron chi connectivity index (χ0n) is 10.7. The summed E-state index contributed by atoms with van der Waals surface area (Å²) >= 11 is 1.31. The van der Waals surface area contributed by atoms with Crippen molar-refractivity contribution >= 4 is 23.4 Å². The highest BCUT2D eigenvalue weighted by Gasteiger charge is 2.16. The molecule has 0 amide bonds. The van der Waals surface area contributed by atoms with Crippen LogP contribution < -0.4 is 5.73 Å². The molecule has 6 nitrogen and oxygen atoms in total. The third-order valence-corrected chi connectivity index (χ3v) is 3.51. The van der Waals surface area contributed by atoms with Gasteiger partial charge >= 0.3 is 5.97 Å². The van der Waals surface area contributed by atoms with E-state index in [0.29, 0.717) is 22.9 Å². The summed E-state index contributed by atoms with van der Waals surface area (Å²) in [6.07, 6.45) is 5.05. The van der Waals surface area contributed by atoms with Crippen LogP contribution in [0.1, 0.15) is 17.3 Å². The predicted octanol–water partition coefficient (Wildman–Crippen LogP) is 1.73. The topological polar surface area (TPSA) is 83.0 Å². The maximum Gasteiger partial charge on any atom is 0.340 e. The van der Waals surface area contributed by atoms with E-state index in [4.69, 9.17) is 10.5 Å². The van der Waals surface area contributed by atoms with Crippen molar-refractivity contribution < 1.29 is 9.53 Å². The van der Waals surface area contributed by atoms with E-state index in [1.54, 1.807) is 19.2 Å². The molecular weight excluding hydrogens is 264 g/mol. The third kappa shape index (κ3) is 2.87. The molecule has 0 aromatic carbocycles. The second-order valence-corrected chi connectivity index (χ2v) is 4.68. The van der Waals surface area contributed by atoms with Crippen molar-refractivity contribution in [2.24, 2.45) is 7.05 Å². The summed E-state index contributed by atoms with van der Waals surface area (Å²) in [7, 11) is 1.88. The normalized spacial score (nSPS) is 10.4. The first kappa shape index (κ1) is 13.4. The number of nitrogens with zero attached hydrogens (tertiary/aromatic N) is 3. The molecule has 0 saturated carbocycles. The van der Waals surface area contributed by atoms with Crippen molar-refractivity contribution in [3.8, 4) is 0 Å². The largest absolute Gasteiger partial charge is 0.462 e. The lowest BCUT2D eigenvalue weighted by atomic mass is 10.2. The molecule has 0 aliphatic heterocycles. The number of aromatic nitrogens is 3. The van der Waals surface area contributed by atoms with Gasteiger partial charge in [-0.05, 0) is 24.8 Å². The maximum absolute atomic E-state index is 11.7. The van der Waals surface area contributed by atoms with Crippen LogP contribution in [0.2, 0.25) is 0 Å². The lowest BCUT2D eigenvalue weighted by Gasteiger charge is -2.08. The van der Waals surface area contributed by atoms with E-state index in [1.165, 1.54) is 18.0 Å². The Morgan fingerprint density at radius 1 is 1.47 bits per heavy atom. The second-order valence-electron chi connectivity index (χ2n) is 3.72. The Kier molecular flexibility index (Phi) is 4.06. The number of carbonyl (C=O) groups is 1. The Morgan fingerprint density at radius 2 is 2.26 bits per heavy atom. The molecule has 0 atom stereocenters. The van der Waals surface area contributed by atoms with Crippen LogP contribution in [0.4, 0.5) is 5.69 Å². The van der Waals surface area contributed by atoms with Crippen LogP contribution in [0, 0.1) is 0 Å². The molecule has 0 spiro atoms. The maximum atomic E-state index is 11.7. The number of anilines is 1. The van der Waals surface area contributed by atoms with Gasteiger partial charge in [0, 0.05) is 25.6 Å². The SMILES string of the molecule is CCOC(=O)c1ccnc(Sc2nccn2C)c1N. The van der Waals surface area contributed by atoms with Crippen molar-refractivity contribution in [3.05, 3.63) is 30.2 Å². The zero-order chi connectivity index (χ0) is 13.8. The highest BCUT2D eigenvalue weighted by atomic mass is 32.2. The first-order valence-corrected chi connectivity index (χ1v) is 6.52. The van der Waals surface area contributed by atoms with Crippen LogP contribution in [-0.2, 0) is 11.8 Å². The Labute approximate surface area is 115 Å². The average molecular weight is 278 g/mol. The smallest absolute Gasteiger partial charge is 0.340 e. The number of imidazole rings is 1. The minimum Gasteiger partial charge on any atom is -0.462 e. The summed E-state index contributed by atoms with van der Waals surface area (Å²) in [5.41, 5.74) is 6.60. The van der Waals surface area contributed by atoms with Crippen LogP contribution in [0.3, 0.4) is 0 Å². The van der Waals surface area contributed by atoms with Crippen LogP contribution in [0.25, 0.3) is 0 Å². The fourth-order valence-corrected chi connectivity index (χ4v) is 2.28. The number of esters is 1. The van der Waals surface area contributed by atoms with Gasteiger partial charge in [-0.15, -0.1) is 0 Å². The molecule has 2 aromatic heterocycles. The summed E-state index contributed by atoms with van der Waals surface area (Å²) in [5, 5.41) is 1.29. The molecule has 19 heavy (non-hydrogen) atoms. The number of aryl methyl sites for hydroxylation is 1. The van der Waals surface area contributed by atoms with Gasteiger partial charge in [0.2, 0.25) is 0 Å². The second kappa shape index (κ2) is 5.75. The number of rotatable bonds is 4. The first-order chi connectivity index (χ1) is 9.13. The van der Waals surface area contributed by atoms with Crippen LogP contribution in [0.15, 0.2) is 34.8 Å². The van der Waals surface area contributed by atoms with Gasteiger partial charge in [-0.3, -0.25) is 0 Å². The average Bonchev–Trinajstić information content (AvgIpc) is 2.78. The first-order valence-electron chi connectivity index (χ1n) is 5.70. The van der Waals surface area contributed by atoms with E-state index in [1.807, 2.05) is 17.8 Å². The summed E-state index contributed by atoms with van der Waals surface area (Å²) in [5.74, 6) is -0.441. The number of carbonyl (C=O) groups excluding carboxylic acids is 1. The lowest BCUT2D eigenvalue weighted by Crippen LogP contribution is -2.09. The van der Waals surface area contributed by atoms with Crippen molar-refractivity contribution in [2.45, 2.75) is 17.1 Å². The summed E-state index contributed by atoms with van der Waals surface area (Å²) in [6.45, 7) is 2.06. The van der Waals surface area contributed by atoms with Gasteiger partial charge in [-0.2, -0.15) is 0 Å². The Balaban J connectivity index is 2.30. The molecule has 0 fully saturated rings. The highest BCUT2D eigenvalue weighted by Crippen LogP contribution is 2.30. The molecule has 0 aliphatic carbocycles. The highest BCUT2D eigenvalue weighted by molar-refractivity contribution is 7.99. The Bertz CT molecular complexity index is 597. The third-order valence-electron chi connectivity index (χ3n) is 2.41. The van der Waals surface area contributed by atoms with E-state index in [9.17, 15) is 4.79 Å². The van der Waals surface area contributed by atoms with Crippen LogP contribution in [0.5, 0.6) is 0 Å². The molecule has 2 aromatic rings. The van der Waals surface area contributed by atoms with Gasteiger partial charge in [0.05, 0.1) is 17.9 Å². The number of nitrogens with two attached hydrogens (primary N) is 1. The van der Waals surface area contributed by atoms with E-state index in [2.05, 4.69) is 9.97 Å². The van der Waals surface area contributed by atoms with Crippen molar-refractivity contribution in [3.63, 3.8) is 0 Å². The van der Waals surface area contributed by atoms with E-state index < -0.39 is 5.97 Å². The van der Waals surface area contributed by atoms with Crippen LogP contribution in [-0.4, -0.2) is 27.1 Å². The minimum absolute atomic E-state index is 0.308. The van der Waals surface area contributed by atoms with Gasteiger partial charge < -0.3 is 15.0 Å². The molecule has 100 valence electrons. The number of hydrogen-bond acceptors (Lipinski definition) is 6. The van der Waals surface area contributed by atoms with E-state index in [-0.39, 0.29) is 0 Å². The van der Waals surface area contributed by atoms with Gasteiger partial charge in [-0.25, -0.2) is 14.8 Å². The van der Waals surface area contributed by atoms with Gasteiger partial charge in [-0.1, -0.05) is 0 Å². The molecule has 7 heteroatoms. The number of pyridine rings is 1. The van der Waals surface area contributed by atoms with Gasteiger partial charge in [0.25, 0.3) is 0 Å². The Morgan fingerprint density at radius 3 is 2.89 bits per heavy atom. The molecule has 0 aliphatic rings. The molecule has 2 rings (SSSR count). The number of nitrogen functional groups attached to an aromatic ring is 1. The van der Waals surface area contributed by atoms with Crippen molar-refractivity contribution in [1.29, 1.82) is 0 Å². The van der Waals surface area contributed by atoms with Crippen molar-refractivity contribution in [1.82, 2.24) is 14.5 Å². The zero-order valence-corrected chi connectivity index (χ0v) is 11.5. The van der Waals surface area contributed by atoms with E-state index in [0.717, 1.165) is 5.16 Å². The fourth-order valence-electron chi connectivity index (χ4n) is 1.46. The Hall–Kier alpha value is -2.02. The molecule has 0 saturated heterocycles. The molecular formula is C12H14N4O2S. The molecule has 2 heterocycles. The monoisotopic (exact) mass is 278 g/mol. The molecule has 2 N–H and O–H groups in total. The number of ether oxygens (including phenoxy) is 1. The summed E-state index contributed by atoms with van der Waals surface area (Å²) < 4.78 is 6.80. The predicted molar refractivity (Wildman–Crippen MR) is 71.9 cm³/mol. The summed E-state index contributed by atoms with van der Waals surface area (Å²) in [6, 6.07) is 1.55. The molecule has 0 unspecified atom stereocenters. The lowest BCUT2D eigenvalue weighted by molar-refractivity contribution is 0.0527. The summed E-state index contributed by atoms with van der Waals surface area (Å²) in [4.78, 5) is 20.1. The van der Waals surface area contributed by atoms with Gasteiger partial charge in [0.15, 0.2) is 5.16 Å². The standard InChI is InChI=1S/C12H14N4O2S/c1-3-18-11(17)8-4-5-14-10(9(8)13)19-12-15-6-7-16(12)2/h4-7H,3,13H2,1-2H3. The van der Waals surface area contributed by atoms with Crippen LogP contribution >= 0.6 is 11.8 Å². The minimum atomic E-state index is -0.441. The quantitative estimate of drug-likeness (QED) is 0.857. The van der Waals surface area contributed by atoms with Gasteiger partial charge in [0.1, 0.15) is 5.03 Å². The molecule has 0 radical (unpaired) electrons. The number of hydrogen-bond donors (Lipinski definition) is 1.